The van der Waals surface area contributed by atoms with E-state index in [-0.39, 0.29) is 62.0 Å². The van der Waals surface area contributed by atoms with Gasteiger partial charge in [-0.1, -0.05) is 5.16 Å². The molecule has 0 radical (unpaired) electrons. The standard InChI is InChI=1S/C29H32F5N7O3/c30-28(31)7-5-17(6-8-28)23(38-26(43)25-24(16-3-4-16)39-44-40-25)19-14-41-20(36-19)11-18(13-35-41)22(15-1-2-15)37-21(42)12-27(9-10-27)29(32,33)34/h11,13-17,22-23H,1-10,12H2,(H,37,42)(H,38,43)/t22?,23-/m0/s1. The van der Waals surface area contributed by atoms with Gasteiger partial charge in [0, 0.05) is 25.2 Å². The van der Waals surface area contributed by atoms with Gasteiger partial charge in [-0.2, -0.15) is 18.3 Å². The van der Waals surface area contributed by atoms with Crippen molar-refractivity contribution in [2.24, 2.45) is 17.3 Å². The molecule has 4 aliphatic carbocycles. The van der Waals surface area contributed by atoms with E-state index in [1.54, 1.807) is 18.5 Å². The first-order valence-corrected chi connectivity index (χ1v) is 15.1. The number of hydrogen-bond donors (Lipinski definition) is 2. The smallest absolute Gasteiger partial charge is 0.349 e. The van der Waals surface area contributed by atoms with Crippen LogP contribution < -0.4 is 10.6 Å². The van der Waals surface area contributed by atoms with Gasteiger partial charge in [0.2, 0.25) is 11.8 Å². The van der Waals surface area contributed by atoms with Crippen LogP contribution in [-0.4, -0.2) is 48.8 Å². The minimum Gasteiger partial charge on any atom is -0.349 e. The monoisotopic (exact) mass is 621 g/mol. The highest BCUT2D eigenvalue weighted by Crippen LogP contribution is 2.60. The van der Waals surface area contributed by atoms with Crippen LogP contribution in [0.15, 0.2) is 23.1 Å². The Morgan fingerprint density at radius 1 is 0.977 bits per heavy atom. The predicted molar refractivity (Wildman–Crippen MR) is 142 cm³/mol. The molecule has 2 N–H and O–H groups in total. The van der Waals surface area contributed by atoms with E-state index in [1.807, 2.05) is 0 Å². The summed E-state index contributed by atoms with van der Waals surface area (Å²) in [5, 5.41) is 17.9. The van der Waals surface area contributed by atoms with Gasteiger partial charge in [-0.25, -0.2) is 22.9 Å². The zero-order chi connectivity index (χ0) is 30.9. The molecule has 236 valence electrons. The number of nitrogens with zero attached hydrogens (tertiary/aromatic N) is 5. The van der Waals surface area contributed by atoms with Gasteiger partial charge in [-0.15, -0.1) is 0 Å². The maximum Gasteiger partial charge on any atom is 0.395 e. The molecule has 0 spiro atoms. The Bertz CT molecular complexity index is 1560. The highest BCUT2D eigenvalue weighted by molar-refractivity contribution is 5.93. The van der Waals surface area contributed by atoms with Gasteiger partial charge in [0.1, 0.15) is 5.69 Å². The summed E-state index contributed by atoms with van der Waals surface area (Å²) >= 11 is 0. The number of alkyl halides is 5. The number of imidazole rings is 1. The van der Waals surface area contributed by atoms with Crippen molar-refractivity contribution in [3.8, 4) is 0 Å². The van der Waals surface area contributed by atoms with Crippen molar-refractivity contribution in [1.82, 2.24) is 35.5 Å². The molecular formula is C29H32F5N7O3. The molecule has 15 heteroatoms. The molecule has 3 aromatic heterocycles. The van der Waals surface area contributed by atoms with Crippen LogP contribution in [0.4, 0.5) is 22.0 Å². The molecule has 0 aliphatic heterocycles. The zero-order valence-corrected chi connectivity index (χ0v) is 23.7. The molecule has 3 aromatic rings. The van der Waals surface area contributed by atoms with Gasteiger partial charge in [-0.3, -0.25) is 9.59 Å². The summed E-state index contributed by atoms with van der Waals surface area (Å²) in [6.07, 6.45) is 1.18. The third-order valence-corrected chi connectivity index (χ3v) is 9.61. The summed E-state index contributed by atoms with van der Waals surface area (Å²) in [5.41, 5.74) is 0.0557. The van der Waals surface area contributed by atoms with Crippen LogP contribution in [0.5, 0.6) is 0 Å². The van der Waals surface area contributed by atoms with E-state index in [2.05, 4.69) is 26.0 Å². The Morgan fingerprint density at radius 3 is 2.32 bits per heavy atom. The topological polar surface area (TPSA) is 127 Å². The average Bonchev–Trinajstić information content (AvgIpc) is 3.90. The SMILES string of the molecule is O=C(CC1(C(F)(F)F)CC1)NC(c1cnn2cc([C@@H](NC(=O)c3nonc3C3CC3)C3CCC(F)(F)CC3)nc2c1)C1CC1. The minimum atomic E-state index is -4.42. The lowest BCUT2D eigenvalue weighted by Crippen LogP contribution is -2.37. The number of rotatable bonds is 10. The summed E-state index contributed by atoms with van der Waals surface area (Å²) in [6.45, 7) is 0. The number of aromatic nitrogens is 5. The average molecular weight is 622 g/mol. The number of halogens is 5. The molecule has 4 saturated carbocycles. The summed E-state index contributed by atoms with van der Waals surface area (Å²) in [5.74, 6) is -4.08. The van der Waals surface area contributed by atoms with Crippen molar-refractivity contribution in [2.75, 3.05) is 0 Å². The number of fused-ring (bicyclic) bond motifs is 1. The van der Waals surface area contributed by atoms with Crippen LogP contribution >= 0.6 is 0 Å². The molecule has 1 unspecified atom stereocenters. The fourth-order valence-corrected chi connectivity index (χ4v) is 6.39. The quantitative estimate of drug-likeness (QED) is 0.283. The second kappa shape index (κ2) is 10.5. The molecule has 7 rings (SSSR count). The van der Waals surface area contributed by atoms with Crippen molar-refractivity contribution in [3.63, 3.8) is 0 Å². The van der Waals surface area contributed by atoms with E-state index < -0.39 is 47.8 Å². The lowest BCUT2D eigenvalue weighted by atomic mass is 9.81. The van der Waals surface area contributed by atoms with E-state index in [9.17, 15) is 31.5 Å². The molecule has 4 fully saturated rings. The minimum absolute atomic E-state index is 0.0478. The number of hydrogen-bond acceptors (Lipinski definition) is 7. The Labute approximate surface area is 248 Å². The van der Waals surface area contributed by atoms with E-state index in [4.69, 9.17) is 9.61 Å². The predicted octanol–water partition coefficient (Wildman–Crippen LogP) is 5.59. The van der Waals surface area contributed by atoms with Gasteiger partial charge < -0.3 is 10.6 Å². The first-order chi connectivity index (χ1) is 20.9. The van der Waals surface area contributed by atoms with E-state index in [0.717, 1.165) is 25.7 Å². The summed E-state index contributed by atoms with van der Waals surface area (Å²) in [7, 11) is 0. The number of carbonyl (C=O) groups is 2. The van der Waals surface area contributed by atoms with Crippen molar-refractivity contribution in [2.45, 2.75) is 101 Å². The molecule has 0 bridgehead atoms. The van der Waals surface area contributed by atoms with Gasteiger partial charge in [-0.05, 0) is 80.0 Å². The number of amides is 2. The third kappa shape index (κ3) is 5.76. The van der Waals surface area contributed by atoms with E-state index >= 15 is 0 Å². The summed E-state index contributed by atoms with van der Waals surface area (Å²) in [6, 6.07) is 0.487. The van der Waals surface area contributed by atoms with Gasteiger partial charge in [0.05, 0.1) is 35.6 Å². The Balaban J connectivity index is 1.13. The van der Waals surface area contributed by atoms with Gasteiger partial charge in [0.25, 0.3) is 5.91 Å². The van der Waals surface area contributed by atoms with E-state index in [1.165, 1.54) is 4.52 Å². The maximum atomic E-state index is 14.0. The second-order valence-corrected chi connectivity index (χ2v) is 13.0. The van der Waals surface area contributed by atoms with Crippen LogP contribution in [0.3, 0.4) is 0 Å². The molecule has 0 aromatic carbocycles. The number of nitrogens with one attached hydrogen (secondary N) is 2. The van der Waals surface area contributed by atoms with Crippen LogP contribution in [0.25, 0.3) is 5.65 Å². The molecule has 10 nitrogen and oxygen atoms in total. The fourth-order valence-electron chi connectivity index (χ4n) is 6.39. The fraction of sp³-hybridized carbons (Fsp3) is 0.655. The van der Waals surface area contributed by atoms with Gasteiger partial charge in [0.15, 0.2) is 11.3 Å². The lowest BCUT2D eigenvalue weighted by Gasteiger charge is -2.33. The van der Waals surface area contributed by atoms with Crippen molar-refractivity contribution in [3.05, 3.63) is 41.1 Å². The normalized spacial score (nSPS) is 22.8. The summed E-state index contributed by atoms with van der Waals surface area (Å²) in [4.78, 5) is 30.8. The summed E-state index contributed by atoms with van der Waals surface area (Å²) < 4.78 is 74.8. The lowest BCUT2D eigenvalue weighted by molar-refractivity contribution is -0.190. The van der Waals surface area contributed by atoms with Crippen molar-refractivity contribution >= 4 is 17.5 Å². The highest BCUT2D eigenvalue weighted by atomic mass is 19.4. The largest absolute Gasteiger partial charge is 0.395 e. The first-order valence-electron chi connectivity index (χ1n) is 15.1. The van der Waals surface area contributed by atoms with E-state index in [0.29, 0.717) is 22.6 Å². The molecular weight excluding hydrogens is 589 g/mol. The Morgan fingerprint density at radius 2 is 1.68 bits per heavy atom. The Kier molecular flexibility index (Phi) is 6.92. The van der Waals surface area contributed by atoms with Crippen molar-refractivity contribution < 1.29 is 36.2 Å². The Hall–Kier alpha value is -3.65. The van der Waals surface area contributed by atoms with Crippen LogP contribution in [0.2, 0.25) is 0 Å². The first kappa shape index (κ1) is 29.1. The molecule has 44 heavy (non-hydrogen) atoms. The molecule has 0 saturated heterocycles. The van der Waals surface area contributed by atoms with Crippen LogP contribution in [0, 0.1) is 17.3 Å². The van der Waals surface area contributed by atoms with Gasteiger partial charge >= 0.3 is 6.18 Å². The third-order valence-electron chi connectivity index (χ3n) is 9.61. The maximum absolute atomic E-state index is 14.0. The molecule has 3 heterocycles. The molecule has 2 atom stereocenters. The zero-order valence-electron chi connectivity index (χ0n) is 23.7. The van der Waals surface area contributed by atoms with Crippen LogP contribution in [0.1, 0.15) is 116 Å². The highest BCUT2D eigenvalue weighted by Gasteiger charge is 2.63. The second-order valence-electron chi connectivity index (χ2n) is 13.0. The van der Waals surface area contributed by atoms with Crippen molar-refractivity contribution in [1.29, 1.82) is 0 Å². The molecule has 2 amide bonds. The van der Waals surface area contributed by atoms with Crippen LogP contribution in [-0.2, 0) is 4.79 Å². The number of carbonyl (C=O) groups excluding carboxylic acids is 2. The molecule has 4 aliphatic rings.